The normalized spacial score (nSPS) is 22.1. The molecule has 1 aromatic rings. The highest BCUT2D eigenvalue weighted by atomic mass is 16.5. The maximum Gasteiger partial charge on any atom is 0.122 e. The molecular formula is C17H27NO. The minimum Gasteiger partial charge on any atom is -0.496 e. The molecule has 1 aromatic carbocycles. The largest absolute Gasteiger partial charge is 0.496 e. The van der Waals surface area contributed by atoms with E-state index in [0.29, 0.717) is 0 Å². The van der Waals surface area contributed by atoms with Gasteiger partial charge in [0.25, 0.3) is 0 Å². The summed E-state index contributed by atoms with van der Waals surface area (Å²) >= 11 is 0. The van der Waals surface area contributed by atoms with Crippen LogP contribution in [0.25, 0.3) is 0 Å². The van der Waals surface area contributed by atoms with Crippen molar-refractivity contribution in [2.24, 2.45) is 5.92 Å². The van der Waals surface area contributed by atoms with E-state index in [1.54, 1.807) is 7.11 Å². The molecule has 2 atom stereocenters. The standard InChI is InChI=1S/C17H27NO/c1-5-8-18-11-14-6-7-15(14)16-9-13(3)17(19-4)10-12(16)2/h9-10,14-15,18H,5-8,11H2,1-4H3. The summed E-state index contributed by atoms with van der Waals surface area (Å²) in [6, 6.07) is 4.53. The van der Waals surface area contributed by atoms with Crippen molar-refractivity contribution >= 4 is 0 Å². The average Bonchev–Trinajstić information content (AvgIpc) is 2.37. The highest BCUT2D eigenvalue weighted by Crippen LogP contribution is 2.44. The van der Waals surface area contributed by atoms with E-state index in [-0.39, 0.29) is 0 Å². The van der Waals surface area contributed by atoms with Gasteiger partial charge >= 0.3 is 0 Å². The highest BCUT2D eigenvalue weighted by Gasteiger charge is 2.32. The molecule has 1 fully saturated rings. The lowest BCUT2D eigenvalue weighted by Gasteiger charge is -2.38. The number of ether oxygens (including phenoxy) is 1. The van der Waals surface area contributed by atoms with Gasteiger partial charge < -0.3 is 10.1 Å². The fourth-order valence-electron chi connectivity index (χ4n) is 3.12. The minimum absolute atomic E-state index is 0.744. The molecule has 2 nitrogen and oxygen atoms in total. The van der Waals surface area contributed by atoms with Gasteiger partial charge in [0, 0.05) is 0 Å². The Hall–Kier alpha value is -1.02. The summed E-state index contributed by atoms with van der Waals surface area (Å²) in [6.07, 6.45) is 3.93. The highest BCUT2D eigenvalue weighted by molar-refractivity contribution is 5.43. The lowest BCUT2D eigenvalue weighted by Crippen LogP contribution is -2.34. The van der Waals surface area contributed by atoms with Crippen LogP contribution in [0.3, 0.4) is 0 Å². The van der Waals surface area contributed by atoms with Crippen LogP contribution in [0.15, 0.2) is 12.1 Å². The molecule has 0 radical (unpaired) electrons. The monoisotopic (exact) mass is 261 g/mol. The van der Waals surface area contributed by atoms with Crippen molar-refractivity contribution in [2.75, 3.05) is 20.2 Å². The van der Waals surface area contributed by atoms with Crippen LogP contribution >= 0.6 is 0 Å². The molecule has 1 N–H and O–H groups in total. The van der Waals surface area contributed by atoms with Gasteiger partial charge in [-0.05, 0) is 80.8 Å². The first-order valence-electron chi connectivity index (χ1n) is 7.53. The van der Waals surface area contributed by atoms with Gasteiger partial charge in [0.2, 0.25) is 0 Å². The summed E-state index contributed by atoms with van der Waals surface area (Å²) in [7, 11) is 1.75. The molecule has 0 aromatic heterocycles. The van der Waals surface area contributed by atoms with E-state index in [0.717, 1.165) is 24.1 Å². The summed E-state index contributed by atoms with van der Waals surface area (Å²) in [5.41, 5.74) is 4.18. The first kappa shape index (κ1) is 14.4. The third-order valence-electron chi connectivity index (χ3n) is 4.43. The first-order valence-corrected chi connectivity index (χ1v) is 7.53. The number of methoxy groups -OCH3 is 1. The second-order valence-electron chi connectivity index (χ2n) is 5.83. The molecule has 0 heterocycles. The number of aryl methyl sites for hydroxylation is 2. The Morgan fingerprint density at radius 1 is 1.21 bits per heavy atom. The van der Waals surface area contributed by atoms with Gasteiger partial charge in [-0.1, -0.05) is 13.0 Å². The van der Waals surface area contributed by atoms with E-state index in [1.807, 2.05) is 0 Å². The number of benzene rings is 1. The van der Waals surface area contributed by atoms with Crippen molar-refractivity contribution in [2.45, 2.75) is 46.0 Å². The Morgan fingerprint density at radius 2 is 2.00 bits per heavy atom. The average molecular weight is 261 g/mol. The van der Waals surface area contributed by atoms with Gasteiger partial charge in [-0.3, -0.25) is 0 Å². The number of hydrogen-bond acceptors (Lipinski definition) is 2. The molecule has 0 bridgehead atoms. The zero-order valence-corrected chi connectivity index (χ0v) is 12.8. The van der Waals surface area contributed by atoms with E-state index in [1.165, 1.54) is 42.5 Å². The van der Waals surface area contributed by atoms with Crippen molar-refractivity contribution in [3.8, 4) is 5.75 Å². The van der Waals surface area contributed by atoms with Crippen LogP contribution in [0, 0.1) is 19.8 Å². The molecule has 0 amide bonds. The Labute approximate surface area is 117 Å². The smallest absolute Gasteiger partial charge is 0.122 e. The predicted molar refractivity (Wildman–Crippen MR) is 81.1 cm³/mol. The summed E-state index contributed by atoms with van der Waals surface area (Å²) in [5, 5.41) is 3.57. The molecule has 2 unspecified atom stereocenters. The Balaban J connectivity index is 2.07. The van der Waals surface area contributed by atoms with Crippen molar-refractivity contribution in [1.82, 2.24) is 5.32 Å². The number of hydrogen-bond donors (Lipinski definition) is 1. The predicted octanol–water partition coefficient (Wildman–Crippen LogP) is 3.81. The molecule has 1 aliphatic rings. The van der Waals surface area contributed by atoms with E-state index in [4.69, 9.17) is 4.74 Å². The fraction of sp³-hybridized carbons (Fsp3) is 0.647. The second kappa shape index (κ2) is 6.42. The van der Waals surface area contributed by atoms with Crippen LogP contribution < -0.4 is 10.1 Å². The van der Waals surface area contributed by atoms with Crippen LogP contribution in [0.1, 0.15) is 48.8 Å². The fourth-order valence-corrected chi connectivity index (χ4v) is 3.12. The van der Waals surface area contributed by atoms with Gasteiger partial charge in [0.05, 0.1) is 7.11 Å². The van der Waals surface area contributed by atoms with Crippen molar-refractivity contribution < 1.29 is 4.74 Å². The van der Waals surface area contributed by atoms with Crippen LogP contribution in [0.4, 0.5) is 0 Å². The van der Waals surface area contributed by atoms with Crippen molar-refractivity contribution in [1.29, 1.82) is 0 Å². The zero-order valence-electron chi connectivity index (χ0n) is 12.8. The zero-order chi connectivity index (χ0) is 13.8. The van der Waals surface area contributed by atoms with Gasteiger partial charge in [0.1, 0.15) is 5.75 Å². The summed E-state index contributed by atoms with van der Waals surface area (Å²) < 4.78 is 5.41. The third kappa shape index (κ3) is 3.11. The Bertz CT molecular complexity index is 428. The van der Waals surface area contributed by atoms with Gasteiger partial charge in [0.15, 0.2) is 0 Å². The molecule has 1 aliphatic carbocycles. The molecule has 106 valence electrons. The topological polar surface area (TPSA) is 21.3 Å². The summed E-state index contributed by atoms with van der Waals surface area (Å²) in [4.78, 5) is 0. The Morgan fingerprint density at radius 3 is 2.58 bits per heavy atom. The third-order valence-corrected chi connectivity index (χ3v) is 4.43. The number of nitrogens with one attached hydrogen (secondary N) is 1. The minimum atomic E-state index is 0.744. The van der Waals surface area contributed by atoms with Gasteiger partial charge in [-0.2, -0.15) is 0 Å². The van der Waals surface area contributed by atoms with Crippen molar-refractivity contribution in [3.63, 3.8) is 0 Å². The van der Waals surface area contributed by atoms with E-state index in [9.17, 15) is 0 Å². The van der Waals surface area contributed by atoms with E-state index in [2.05, 4.69) is 38.2 Å². The Kier molecular flexibility index (Phi) is 4.87. The van der Waals surface area contributed by atoms with Crippen LogP contribution in [0.2, 0.25) is 0 Å². The van der Waals surface area contributed by atoms with Crippen LogP contribution in [-0.2, 0) is 0 Å². The lowest BCUT2D eigenvalue weighted by atomic mass is 9.68. The van der Waals surface area contributed by atoms with E-state index < -0.39 is 0 Å². The quantitative estimate of drug-likeness (QED) is 0.786. The SMILES string of the molecule is CCCNCC1CCC1c1cc(C)c(OC)cc1C. The van der Waals surface area contributed by atoms with Gasteiger partial charge in [-0.25, -0.2) is 0 Å². The number of rotatable bonds is 6. The molecule has 2 rings (SSSR count). The molecule has 2 heteroatoms. The first-order chi connectivity index (χ1) is 9.17. The van der Waals surface area contributed by atoms with E-state index >= 15 is 0 Å². The maximum absolute atomic E-state index is 5.41. The van der Waals surface area contributed by atoms with Crippen molar-refractivity contribution in [3.05, 3.63) is 28.8 Å². The molecule has 19 heavy (non-hydrogen) atoms. The summed E-state index contributed by atoms with van der Waals surface area (Å²) in [6.45, 7) is 8.89. The lowest BCUT2D eigenvalue weighted by molar-refractivity contribution is 0.245. The summed E-state index contributed by atoms with van der Waals surface area (Å²) in [5.74, 6) is 2.58. The van der Waals surface area contributed by atoms with Gasteiger partial charge in [-0.15, -0.1) is 0 Å². The van der Waals surface area contributed by atoms with Crippen LogP contribution in [0.5, 0.6) is 5.75 Å². The second-order valence-corrected chi connectivity index (χ2v) is 5.83. The molecule has 0 aliphatic heterocycles. The molecular weight excluding hydrogens is 234 g/mol. The molecule has 0 spiro atoms. The molecule has 1 saturated carbocycles. The maximum atomic E-state index is 5.41. The molecule has 0 saturated heterocycles. The van der Waals surface area contributed by atoms with Crippen LogP contribution in [-0.4, -0.2) is 20.2 Å².